The number of nitrogens with zero attached hydrogens (tertiary/aromatic N) is 1. The van der Waals surface area contributed by atoms with E-state index in [4.69, 9.17) is 9.47 Å². The maximum absolute atomic E-state index is 13.1. The average molecular weight is 502 g/mol. The van der Waals surface area contributed by atoms with Crippen LogP contribution in [0, 0.1) is 6.92 Å². The zero-order chi connectivity index (χ0) is 26.8. The van der Waals surface area contributed by atoms with E-state index in [1.54, 1.807) is 11.0 Å². The summed E-state index contributed by atoms with van der Waals surface area (Å²) >= 11 is 0. The predicted octanol–water partition coefficient (Wildman–Crippen LogP) is 7.60. The third-order valence-corrected chi connectivity index (χ3v) is 5.90. The monoisotopic (exact) mass is 501 g/mol. The molecule has 0 saturated heterocycles. The van der Waals surface area contributed by atoms with Crippen molar-refractivity contribution < 1.29 is 19.1 Å². The van der Waals surface area contributed by atoms with Crippen molar-refractivity contribution in [1.82, 2.24) is 4.90 Å². The Morgan fingerprint density at radius 3 is 2.32 bits per heavy atom. The first-order chi connectivity index (χ1) is 17.7. The third kappa shape index (κ3) is 8.78. The molecule has 0 aromatic heterocycles. The van der Waals surface area contributed by atoms with Gasteiger partial charge in [0.2, 0.25) is 0 Å². The second kappa shape index (κ2) is 13.1. The summed E-state index contributed by atoms with van der Waals surface area (Å²) in [4.78, 5) is 27.8. The van der Waals surface area contributed by atoms with Gasteiger partial charge in [-0.2, -0.15) is 0 Å². The van der Waals surface area contributed by atoms with Crippen molar-refractivity contribution in [2.75, 3.05) is 13.2 Å². The molecule has 0 aliphatic rings. The highest BCUT2D eigenvalue weighted by molar-refractivity contribution is 5.97. The first kappa shape index (κ1) is 28.0. The van der Waals surface area contributed by atoms with E-state index in [0.29, 0.717) is 25.3 Å². The normalized spacial score (nSPS) is 11.2. The van der Waals surface area contributed by atoms with Crippen molar-refractivity contribution in [2.45, 2.75) is 66.0 Å². The Balaban J connectivity index is 1.91. The molecule has 5 heteroatoms. The topological polar surface area (TPSA) is 55.8 Å². The van der Waals surface area contributed by atoms with Gasteiger partial charge in [0, 0.05) is 13.1 Å². The van der Waals surface area contributed by atoms with Gasteiger partial charge in [-0.1, -0.05) is 79.6 Å². The molecule has 37 heavy (non-hydrogen) atoms. The number of aryl methyl sites for hydroxylation is 1. The summed E-state index contributed by atoms with van der Waals surface area (Å²) in [6.07, 6.45) is 2.20. The van der Waals surface area contributed by atoms with Crippen LogP contribution in [0.2, 0.25) is 0 Å². The van der Waals surface area contributed by atoms with Crippen LogP contribution in [-0.2, 0) is 22.4 Å². The third-order valence-electron chi connectivity index (χ3n) is 5.90. The maximum atomic E-state index is 13.1. The molecule has 0 unspecified atom stereocenters. The van der Waals surface area contributed by atoms with Crippen molar-refractivity contribution >= 4 is 12.1 Å². The highest BCUT2D eigenvalue weighted by atomic mass is 16.6. The highest BCUT2D eigenvalue weighted by Gasteiger charge is 2.22. The molecule has 0 heterocycles. The van der Waals surface area contributed by atoms with Crippen LogP contribution in [0.15, 0.2) is 72.8 Å². The molecular formula is C32H39NO4. The van der Waals surface area contributed by atoms with Crippen LogP contribution < -0.4 is 0 Å². The smallest absolute Gasteiger partial charge is 0.410 e. The minimum Gasteiger partial charge on any atom is -0.456 e. The minimum atomic E-state index is -0.601. The van der Waals surface area contributed by atoms with Gasteiger partial charge in [-0.3, -0.25) is 0 Å². The Morgan fingerprint density at radius 1 is 0.892 bits per heavy atom. The van der Waals surface area contributed by atoms with Crippen LogP contribution in [0.25, 0.3) is 11.1 Å². The summed E-state index contributed by atoms with van der Waals surface area (Å²) in [5.41, 5.74) is 4.81. The van der Waals surface area contributed by atoms with Gasteiger partial charge in [0.1, 0.15) is 5.60 Å². The van der Waals surface area contributed by atoms with Crippen LogP contribution in [0.4, 0.5) is 4.79 Å². The van der Waals surface area contributed by atoms with Crippen LogP contribution >= 0.6 is 0 Å². The number of carbonyl (C=O) groups excluding carboxylic acids is 2. The van der Waals surface area contributed by atoms with Gasteiger partial charge in [0.15, 0.2) is 0 Å². The number of hydrogen-bond acceptors (Lipinski definition) is 4. The number of rotatable bonds is 10. The molecule has 196 valence electrons. The summed E-state index contributed by atoms with van der Waals surface area (Å²) in [6, 6.07) is 23.9. The first-order valence-electron chi connectivity index (χ1n) is 13.0. The van der Waals surface area contributed by atoms with E-state index in [9.17, 15) is 9.59 Å². The standard InChI is InChI=1S/C32H39NO4/c1-6-7-20-36-31(35)33(19-18-25-13-9-8-10-14-25)23-26-16-17-28(30(34)37-32(3,4)5)29(22-26)27-15-11-12-24(2)21-27/h8-17,21-22H,6-7,18-20,23H2,1-5H3. The molecule has 0 atom stereocenters. The number of esters is 1. The van der Waals surface area contributed by atoms with Crippen LogP contribution in [0.5, 0.6) is 0 Å². The van der Waals surface area contributed by atoms with Crippen LogP contribution in [0.1, 0.15) is 67.6 Å². The number of unbranched alkanes of at least 4 members (excludes halogenated alkanes) is 1. The van der Waals surface area contributed by atoms with E-state index in [-0.39, 0.29) is 12.1 Å². The predicted molar refractivity (Wildman–Crippen MR) is 149 cm³/mol. The van der Waals surface area contributed by atoms with E-state index in [0.717, 1.165) is 47.1 Å². The van der Waals surface area contributed by atoms with E-state index in [2.05, 4.69) is 25.1 Å². The zero-order valence-corrected chi connectivity index (χ0v) is 22.8. The fourth-order valence-corrected chi connectivity index (χ4v) is 4.01. The first-order valence-corrected chi connectivity index (χ1v) is 13.0. The molecule has 0 aliphatic carbocycles. The molecule has 5 nitrogen and oxygen atoms in total. The Hall–Kier alpha value is -3.60. The quantitative estimate of drug-likeness (QED) is 0.212. The molecule has 3 aromatic carbocycles. The van der Waals surface area contributed by atoms with E-state index in [1.165, 1.54) is 0 Å². The van der Waals surface area contributed by atoms with Crippen LogP contribution in [-0.4, -0.2) is 35.7 Å². The van der Waals surface area contributed by atoms with Gasteiger partial charge in [-0.15, -0.1) is 0 Å². The van der Waals surface area contributed by atoms with Crippen molar-refractivity contribution in [3.05, 3.63) is 95.1 Å². The Bertz CT molecular complexity index is 1180. The van der Waals surface area contributed by atoms with Crippen molar-refractivity contribution in [2.24, 2.45) is 0 Å². The minimum absolute atomic E-state index is 0.322. The number of benzene rings is 3. The highest BCUT2D eigenvalue weighted by Crippen LogP contribution is 2.28. The number of amides is 1. The summed E-state index contributed by atoms with van der Waals surface area (Å²) < 4.78 is 11.3. The second-order valence-corrected chi connectivity index (χ2v) is 10.4. The van der Waals surface area contributed by atoms with Crippen molar-refractivity contribution in [1.29, 1.82) is 0 Å². The van der Waals surface area contributed by atoms with Crippen molar-refractivity contribution in [3.8, 4) is 11.1 Å². The molecule has 0 radical (unpaired) electrons. The maximum Gasteiger partial charge on any atom is 0.410 e. The van der Waals surface area contributed by atoms with Gasteiger partial charge < -0.3 is 14.4 Å². The van der Waals surface area contributed by atoms with E-state index >= 15 is 0 Å². The fraction of sp³-hybridized carbons (Fsp3) is 0.375. The van der Waals surface area contributed by atoms with Gasteiger partial charge in [-0.05, 0) is 74.9 Å². The number of carbonyl (C=O) groups is 2. The van der Waals surface area contributed by atoms with Gasteiger partial charge in [0.25, 0.3) is 0 Å². The number of ether oxygens (including phenoxy) is 2. The SMILES string of the molecule is CCCCOC(=O)N(CCc1ccccc1)Cc1ccc(C(=O)OC(C)(C)C)c(-c2cccc(C)c2)c1. The Morgan fingerprint density at radius 2 is 1.65 bits per heavy atom. The summed E-state index contributed by atoms with van der Waals surface area (Å²) in [5.74, 6) is -0.365. The molecule has 0 fully saturated rings. The lowest BCUT2D eigenvalue weighted by atomic mass is 9.95. The van der Waals surface area contributed by atoms with Gasteiger partial charge in [-0.25, -0.2) is 9.59 Å². The molecular weight excluding hydrogens is 462 g/mol. The van der Waals surface area contributed by atoms with Crippen molar-refractivity contribution in [3.63, 3.8) is 0 Å². The second-order valence-electron chi connectivity index (χ2n) is 10.4. The fourth-order valence-electron chi connectivity index (χ4n) is 4.01. The molecule has 1 amide bonds. The van der Waals surface area contributed by atoms with E-state index < -0.39 is 5.60 Å². The largest absolute Gasteiger partial charge is 0.456 e. The van der Waals surface area contributed by atoms with E-state index in [1.807, 2.05) is 76.2 Å². The molecule has 0 aliphatic heterocycles. The lowest BCUT2D eigenvalue weighted by Crippen LogP contribution is -2.33. The summed E-state index contributed by atoms with van der Waals surface area (Å²) in [6.45, 7) is 11.0. The summed E-state index contributed by atoms with van der Waals surface area (Å²) in [7, 11) is 0. The Kier molecular flexibility index (Phi) is 9.90. The zero-order valence-electron chi connectivity index (χ0n) is 22.8. The summed E-state index contributed by atoms with van der Waals surface area (Å²) in [5, 5.41) is 0. The lowest BCUT2D eigenvalue weighted by Gasteiger charge is -2.24. The molecule has 3 rings (SSSR count). The molecule has 0 bridgehead atoms. The van der Waals surface area contributed by atoms with Gasteiger partial charge >= 0.3 is 12.1 Å². The molecule has 0 saturated carbocycles. The van der Waals surface area contributed by atoms with Crippen LogP contribution in [0.3, 0.4) is 0 Å². The molecule has 0 spiro atoms. The van der Waals surface area contributed by atoms with Gasteiger partial charge in [0.05, 0.1) is 12.2 Å². The molecule has 0 N–H and O–H groups in total. The lowest BCUT2D eigenvalue weighted by molar-refractivity contribution is 0.00702. The average Bonchev–Trinajstić information content (AvgIpc) is 2.86. The molecule has 3 aromatic rings. The number of hydrogen-bond donors (Lipinski definition) is 0. The Labute approximate surface area is 221 Å².